The zero-order valence-electron chi connectivity index (χ0n) is 13.2. The van der Waals surface area contributed by atoms with Crippen LogP contribution in [0.4, 0.5) is 0 Å². The molecule has 4 nitrogen and oxygen atoms in total. The molecule has 0 fully saturated rings. The summed E-state index contributed by atoms with van der Waals surface area (Å²) in [5, 5.41) is 3.63. The first-order chi connectivity index (χ1) is 9.54. The van der Waals surface area contributed by atoms with Gasteiger partial charge in [0.1, 0.15) is 17.3 Å². The van der Waals surface area contributed by atoms with Gasteiger partial charge in [0.2, 0.25) is 0 Å². The Morgan fingerprint density at radius 2 is 2.05 bits per heavy atom. The second-order valence-corrected chi connectivity index (χ2v) is 5.42. The smallest absolute Gasteiger partial charge is 0.110 e. The van der Waals surface area contributed by atoms with Crippen LogP contribution in [0.15, 0.2) is 16.8 Å². The van der Waals surface area contributed by atoms with E-state index in [4.69, 9.17) is 4.42 Å². The van der Waals surface area contributed by atoms with Crippen LogP contribution < -0.4 is 5.32 Å². The molecule has 0 saturated heterocycles. The monoisotopic (exact) mass is 275 g/mol. The number of imidazole rings is 1. The summed E-state index contributed by atoms with van der Waals surface area (Å²) in [5.74, 6) is 3.12. The van der Waals surface area contributed by atoms with Gasteiger partial charge in [0, 0.05) is 37.5 Å². The summed E-state index contributed by atoms with van der Waals surface area (Å²) in [5.41, 5.74) is 2.55. The molecule has 0 amide bonds. The number of nitrogens with one attached hydrogen (secondary N) is 1. The number of aryl methyl sites for hydroxylation is 3. The minimum absolute atomic E-state index is 0.258. The van der Waals surface area contributed by atoms with Gasteiger partial charge < -0.3 is 14.3 Å². The lowest BCUT2D eigenvalue weighted by Crippen LogP contribution is -2.26. The van der Waals surface area contributed by atoms with Gasteiger partial charge in [0.05, 0.1) is 0 Å². The van der Waals surface area contributed by atoms with Gasteiger partial charge >= 0.3 is 0 Å². The number of hydrogen-bond acceptors (Lipinski definition) is 3. The molecule has 1 atom stereocenters. The van der Waals surface area contributed by atoms with Crippen molar-refractivity contribution in [3.63, 3.8) is 0 Å². The summed E-state index contributed by atoms with van der Waals surface area (Å²) in [4.78, 5) is 4.45. The van der Waals surface area contributed by atoms with Crippen LogP contribution in [0.3, 0.4) is 0 Å². The normalized spacial score (nSPS) is 12.8. The molecule has 2 aromatic rings. The van der Waals surface area contributed by atoms with E-state index >= 15 is 0 Å². The number of hydrogen-bond donors (Lipinski definition) is 1. The Bertz CT molecular complexity index is 568. The molecular formula is C16H25N3O. The molecule has 1 N–H and O–H groups in total. The van der Waals surface area contributed by atoms with E-state index in [0.717, 1.165) is 36.7 Å². The molecule has 2 heterocycles. The molecule has 20 heavy (non-hydrogen) atoms. The molecule has 0 aliphatic heterocycles. The first-order valence-electron chi connectivity index (χ1n) is 7.30. The van der Waals surface area contributed by atoms with Crippen LogP contribution in [-0.2, 0) is 13.5 Å². The lowest BCUT2D eigenvalue weighted by Gasteiger charge is -2.19. The number of rotatable bonds is 6. The summed E-state index contributed by atoms with van der Waals surface area (Å²) < 4.78 is 7.87. The third-order valence-electron chi connectivity index (χ3n) is 3.91. The van der Waals surface area contributed by atoms with Crippen molar-refractivity contribution in [3.8, 4) is 0 Å². The average Bonchev–Trinajstić information content (AvgIpc) is 2.91. The van der Waals surface area contributed by atoms with Crippen molar-refractivity contribution in [2.75, 3.05) is 6.54 Å². The maximum atomic E-state index is 5.79. The van der Waals surface area contributed by atoms with E-state index in [1.165, 1.54) is 11.1 Å². The predicted molar refractivity (Wildman–Crippen MR) is 80.9 cm³/mol. The van der Waals surface area contributed by atoms with Gasteiger partial charge in [-0.05, 0) is 39.3 Å². The van der Waals surface area contributed by atoms with Crippen molar-refractivity contribution >= 4 is 0 Å². The van der Waals surface area contributed by atoms with Crippen molar-refractivity contribution in [3.05, 3.63) is 40.9 Å². The van der Waals surface area contributed by atoms with E-state index < -0.39 is 0 Å². The van der Waals surface area contributed by atoms with E-state index in [2.05, 4.69) is 28.7 Å². The van der Waals surface area contributed by atoms with Gasteiger partial charge in [-0.2, -0.15) is 0 Å². The molecule has 0 aliphatic rings. The van der Waals surface area contributed by atoms with Gasteiger partial charge in [-0.1, -0.05) is 6.92 Å². The molecule has 0 saturated carbocycles. The summed E-state index contributed by atoms with van der Waals surface area (Å²) in [6, 6.07) is 0.258. The summed E-state index contributed by atoms with van der Waals surface area (Å²) in [7, 11) is 2.04. The minimum Gasteiger partial charge on any atom is -0.466 e. The fourth-order valence-corrected chi connectivity index (χ4v) is 2.69. The van der Waals surface area contributed by atoms with Crippen LogP contribution >= 0.6 is 0 Å². The highest BCUT2D eigenvalue weighted by Crippen LogP contribution is 2.29. The molecule has 0 spiro atoms. The second kappa shape index (κ2) is 6.27. The van der Waals surface area contributed by atoms with Crippen LogP contribution in [0.5, 0.6) is 0 Å². The largest absolute Gasteiger partial charge is 0.466 e. The highest BCUT2D eigenvalue weighted by molar-refractivity contribution is 5.34. The van der Waals surface area contributed by atoms with Crippen LogP contribution in [0.25, 0.3) is 0 Å². The standard InChI is InChI=1S/C16H25N3O/c1-6-7-17-14(10-15-18-8-9-19(15)5)16-11(2)12(3)20-13(16)4/h8-9,14,17H,6-7,10H2,1-5H3. The third-order valence-corrected chi connectivity index (χ3v) is 3.91. The fraction of sp³-hybridized carbons (Fsp3) is 0.562. The Balaban J connectivity index is 2.29. The van der Waals surface area contributed by atoms with Crippen molar-refractivity contribution in [2.24, 2.45) is 7.05 Å². The van der Waals surface area contributed by atoms with E-state index in [-0.39, 0.29) is 6.04 Å². The van der Waals surface area contributed by atoms with Crippen molar-refractivity contribution in [2.45, 2.75) is 46.6 Å². The number of aromatic nitrogens is 2. The zero-order valence-corrected chi connectivity index (χ0v) is 13.2. The average molecular weight is 275 g/mol. The molecule has 0 bridgehead atoms. The van der Waals surface area contributed by atoms with E-state index in [1.807, 2.05) is 33.3 Å². The molecule has 110 valence electrons. The van der Waals surface area contributed by atoms with Crippen molar-refractivity contribution < 1.29 is 4.42 Å². The summed E-state index contributed by atoms with van der Waals surface area (Å²) >= 11 is 0. The highest BCUT2D eigenvalue weighted by Gasteiger charge is 2.22. The Morgan fingerprint density at radius 3 is 2.55 bits per heavy atom. The Labute approximate surface area is 121 Å². The first kappa shape index (κ1) is 14.9. The van der Waals surface area contributed by atoms with E-state index in [1.54, 1.807) is 0 Å². The lowest BCUT2D eigenvalue weighted by molar-refractivity contribution is 0.474. The maximum Gasteiger partial charge on any atom is 0.110 e. The summed E-state index contributed by atoms with van der Waals surface area (Å²) in [6.07, 6.45) is 5.84. The van der Waals surface area contributed by atoms with Crippen LogP contribution in [0.1, 0.15) is 47.9 Å². The first-order valence-corrected chi connectivity index (χ1v) is 7.30. The molecule has 0 aromatic carbocycles. The van der Waals surface area contributed by atoms with Gasteiger partial charge in [0.25, 0.3) is 0 Å². The van der Waals surface area contributed by atoms with Crippen LogP contribution in [-0.4, -0.2) is 16.1 Å². The Kier molecular flexibility index (Phi) is 4.65. The van der Waals surface area contributed by atoms with Crippen molar-refractivity contribution in [1.82, 2.24) is 14.9 Å². The summed E-state index contributed by atoms with van der Waals surface area (Å²) in [6.45, 7) is 9.40. The lowest BCUT2D eigenvalue weighted by atomic mass is 9.99. The Morgan fingerprint density at radius 1 is 1.30 bits per heavy atom. The van der Waals surface area contributed by atoms with Crippen molar-refractivity contribution in [1.29, 1.82) is 0 Å². The zero-order chi connectivity index (χ0) is 14.7. The van der Waals surface area contributed by atoms with E-state index in [0.29, 0.717) is 0 Å². The second-order valence-electron chi connectivity index (χ2n) is 5.42. The van der Waals surface area contributed by atoms with Gasteiger partial charge in [-0.25, -0.2) is 4.98 Å². The van der Waals surface area contributed by atoms with Gasteiger partial charge in [0.15, 0.2) is 0 Å². The van der Waals surface area contributed by atoms with Gasteiger partial charge in [-0.3, -0.25) is 0 Å². The topological polar surface area (TPSA) is 43.0 Å². The molecule has 2 rings (SSSR count). The van der Waals surface area contributed by atoms with E-state index in [9.17, 15) is 0 Å². The maximum absolute atomic E-state index is 5.79. The quantitative estimate of drug-likeness (QED) is 0.880. The molecule has 2 aromatic heterocycles. The minimum atomic E-state index is 0.258. The highest BCUT2D eigenvalue weighted by atomic mass is 16.3. The Hall–Kier alpha value is -1.55. The number of nitrogens with zero attached hydrogens (tertiary/aromatic N) is 2. The number of furan rings is 1. The SMILES string of the molecule is CCCNC(Cc1nccn1C)c1c(C)oc(C)c1C. The molecule has 4 heteroatoms. The fourth-order valence-electron chi connectivity index (χ4n) is 2.69. The molecule has 0 radical (unpaired) electrons. The molecule has 1 unspecified atom stereocenters. The van der Waals surface area contributed by atoms with Crippen LogP contribution in [0.2, 0.25) is 0 Å². The third kappa shape index (κ3) is 2.96. The van der Waals surface area contributed by atoms with Gasteiger partial charge in [-0.15, -0.1) is 0 Å². The molecular weight excluding hydrogens is 250 g/mol. The van der Waals surface area contributed by atoms with Crippen LogP contribution in [0, 0.1) is 20.8 Å². The molecule has 0 aliphatic carbocycles. The predicted octanol–water partition coefficient (Wildman–Crippen LogP) is 3.22.